The maximum absolute atomic E-state index is 12.9. The minimum Gasteiger partial charge on any atom is -0.550 e. The van der Waals surface area contributed by atoms with Crippen molar-refractivity contribution in [2.24, 2.45) is 0 Å². The first-order valence-electron chi connectivity index (χ1n) is 6.27. The zero-order valence-corrected chi connectivity index (χ0v) is 14.9. The number of nitrogen functional groups attached to an aromatic ring is 1. The van der Waals surface area contributed by atoms with Gasteiger partial charge in [0.05, 0.1) is 0 Å². The van der Waals surface area contributed by atoms with Crippen LogP contribution < -0.4 is 40.4 Å². The molecule has 7 heteroatoms. The summed E-state index contributed by atoms with van der Waals surface area (Å²) in [7, 11) is 0. The quantitative estimate of drug-likeness (QED) is 0.377. The van der Waals surface area contributed by atoms with E-state index in [0.717, 1.165) is 0 Å². The van der Waals surface area contributed by atoms with Gasteiger partial charge in [0.1, 0.15) is 5.82 Å². The summed E-state index contributed by atoms with van der Waals surface area (Å²) >= 11 is 0. The van der Waals surface area contributed by atoms with Gasteiger partial charge in [-0.3, -0.25) is 4.79 Å². The molecule has 0 bridgehead atoms. The van der Waals surface area contributed by atoms with Crippen molar-refractivity contribution in [2.75, 3.05) is 5.73 Å². The number of nitrogens with two attached hydrogens (primary N) is 1. The summed E-state index contributed by atoms with van der Waals surface area (Å²) in [4.78, 5) is 23.1. The van der Waals surface area contributed by atoms with Gasteiger partial charge in [0, 0.05) is 29.2 Å². The topological polar surface area (TPSA) is 115 Å². The summed E-state index contributed by atoms with van der Waals surface area (Å²) < 4.78 is 12.9. The predicted octanol–water partition coefficient (Wildman–Crippen LogP) is -2.58. The van der Waals surface area contributed by atoms with Gasteiger partial charge < -0.3 is 21.1 Å². The molecule has 0 aliphatic heterocycles. The number of rotatable bonds is 4. The Kier molecular flexibility index (Phi) is 8.12. The molecule has 5 nitrogen and oxygen atoms in total. The molecule has 116 valence electrons. The second-order valence-electron chi connectivity index (χ2n) is 4.77. The number of halogens is 1. The molecule has 0 amide bonds. The Balaban J connectivity index is 0.00000242. The van der Waals surface area contributed by atoms with Gasteiger partial charge in [0.25, 0.3) is 0 Å². The Hall–Kier alpha value is -1.73. The molecule has 0 heterocycles. The van der Waals surface area contributed by atoms with Crippen LogP contribution in [-0.4, -0.2) is 17.2 Å². The molecule has 4 N–H and O–H groups in total. The third-order valence-corrected chi connectivity index (χ3v) is 3.10. The van der Waals surface area contributed by atoms with E-state index in [1.807, 2.05) is 0 Å². The SMILES string of the molecule is Cc1cc(CC(=O)[O-])c(N)c(C(=O)c2ccc(F)cc2)c1.O.[Na+]. The molecule has 0 aromatic heterocycles. The Bertz CT molecular complexity index is 717. The number of carbonyl (C=O) groups is 2. The van der Waals surface area contributed by atoms with Gasteiger partial charge in [-0.2, -0.15) is 0 Å². The number of aliphatic carboxylic acids is 1. The number of anilines is 1. The van der Waals surface area contributed by atoms with Gasteiger partial charge in [-0.25, -0.2) is 4.39 Å². The van der Waals surface area contributed by atoms with Crippen molar-refractivity contribution in [1.29, 1.82) is 0 Å². The molecule has 0 spiro atoms. The van der Waals surface area contributed by atoms with E-state index in [1.54, 1.807) is 19.1 Å². The summed E-state index contributed by atoms with van der Waals surface area (Å²) in [6, 6.07) is 8.27. The van der Waals surface area contributed by atoms with Gasteiger partial charge >= 0.3 is 29.6 Å². The number of ketones is 1. The number of aryl methyl sites for hydroxylation is 1. The molecular formula is C16H15FNNaO4. The summed E-state index contributed by atoms with van der Waals surface area (Å²) in [5, 5.41) is 10.7. The number of hydrogen-bond acceptors (Lipinski definition) is 4. The number of hydrogen-bond donors (Lipinski definition) is 1. The van der Waals surface area contributed by atoms with Crippen molar-refractivity contribution < 1.29 is 54.1 Å². The van der Waals surface area contributed by atoms with E-state index in [-0.39, 0.29) is 64.1 Å². The molecule has 0 aliphatic carbocycles. The van der Waals surface area contributed by atoms with Crippen LogP contribution in [0.4, 0.5) is 10.1 Å². The summed E-state index contributed by atoms with van der Waals surface area (Å²) in [6.07, 6.45) is -0.364. The van der Waals surface area contributed by atoms with E-state index in [4.69, 9.17) is 5.73 Å². The number of carboxylic acids is 1. The van der Waals surface area contributed by atoms with Crippen LogP contribution in [0.25, 0.3) is 0 Å². The Morgan fingerprint density at radius 2 is 1.74 bits per heavy atom. The zero-order chi connectivity index (χ0) is 15.6. The molecule has 0 radical (unpaired) electrons. The average molecular weight is 327 g/mol. The minimum absolute atomic E-state index is 0. The predicted molar refractivity (Wildman–Crippen MR) is 77.7 cm³/mol. The third kappa shape index (κ3) is 5.14. The fraction of sp³-hybridized carbons (Fsp3) is 0.125. The molecule has 2 aromatic rings. The van der Waals surface area contributed by atoms with Crippen molar-refractivity contribution in [3.63, 3.8) is 0 Å². The molecule has 0 atom stereocenters. The molecule has 0 unspecified atom stereocenters. The summed E-state index contributed by atoms with van der Waals surface area (Å²) in [6.45, 7) is 1.74. The van der Waals surface area contributed by atoms with Crippen molar-refractivity contribution in [1.82, 2.24) is 0 Å². The molecule has 0 saturated heterocycles. The fourth-order valence-electron chi connectivity index (χ4n) is 2.12. The van der Waals surface area contributed by atoms with Crippen molar-refractivity contribution in [3.8, 4) is 0 Å². The number of benzene rings is 2. The first-order chi connectivity index (χ1) is 9.88. The molecule has 2 aromatic carbocycles. The van der Waals surface area contributed by atoms with Crippen LogP contribution in [0.3, 0.4) is 0 Å². The largest absolute Gasteiger partial charge is 1.00 e. The van der Waals surface area contributed by atoms with Crippen LogP contribution in [0.5, 0.6) is 0 Å². The second kappa shape index (κ2) is 8.79. The van der Waals surface area contributed by atoms with E-state index in [9.17, 15) is 19.1 Å². The molecule has 0 fully saturated rings. The van der Waals surface area contributed by atoms with Gasteiger partial charge in [0.2, 0.25) is 0 Å². The second-order valence-corrected chi connectivity index (χ2v) is 4.77. The molecular weight excluding hydrogens is 312 g/mol. The van der Waals surface area contributed by atoms with Crippen LogP contribution in [0, 0.1) is 12.7 Å². The smallest absolute Gasteiger partial charge is 0.550 e. The van der Waals surface area contributed by atoms with Crippen molar-refractivity contribution in [3.05, 3.63) is 64.5 Å². The van der Waals surface area contributed by atoms with Gasteiger partial charge in [0.15, 0.2) is 5.78 Å². The molecule has 0 aliphatic rings. The summed E-state index contributed by atoms with van der Waals surface area (Å²) in [5.74, 6) is -2.09. The zero-order valence-electron chi connectivity index (χ0n) is 12.9. The van der Waals surface area contributed by atoms with E-state index in [0.29, 0.717) is 11.1 Å². The Morgan fingerprint density at radius 1 is 1.17 bits per heavy atom. The average Bonchev–Trinajstić information content (AvgIpc) is 2.42. The first-order valence-corrected chi connectivity index (χ1v) is 6.27. The molecule has 23 heavy (non-hydrogen) atoms. The van der Waals surface area contributed by atoms with Gasteiger partial charge in [-0.05, 0) is 48.4 Å². The van der Waals surface area contributed by atoms with E-state index < -0.39 is 11.8 Å². The minimum atomic E-state index is -1.27. The number of carbonyl (C=O) groups excluding carboxylic acids is 2. The first kappa shape index (κ1) is 21.3. The van der Waals surface area contributed by atoms with E-state index in [2.05, 4.69) is 0 Å². The van der Waals surface area contributed by atoms with E-state index in [1.165, 1.54) is 24.3 Å². The van der Waals surface area contributed by atoms with E-state index >= 15 is 0 Å². The normalized spacial score (nSPS) is 9.48. The van der Waals surface area contributed by atoms with Gasteiger partial charge in [-0.15, -0.1) is 0 Å². The van der Waals surface area contributed by atoms with Crippen LogP contribution >= 0.6 is 0 Å². The maximum atomic E-state index is 12.9. The molecule has 2 rings (SSSR count). The van der Waals surface area contributed by atoms with Crippen LogP contribution in [-0.2, 0) is 11.2 Å². The Morgan fingerprint density at radius 3 is 2.26 bits per heavy atom. The van der Waals surface area contributed by atoms with Crippen LogP contribution in [0.15, 0.2) is 36.4 Å². The number of carboxylic acid groups (broad SMARTS) is 1. The Labute approximate surface area is 154 Å². The summed E-state index contributed by atoms with van der Waals surface area (Å²) in [5.41, 5.74) is 7.53. The van der Waals surface area contributed by atoms with Gasteiger partial charge in [-0.1, -0.05) is 6.07 Å². The van der Waals surface area contributed by atoms with Crippen LogP contribution in [0.2, 0.25) is 0 Å². The fourth-order valence-corrected chi connectivity index (χ4v) is 2.12. The standard InChI is InChI=1S/C16H14FNO3.Na.H2O/c1-9-6-11(8-14(19)20)15(18)13(7-9)16(21)10-2-4-12(17)5-3-10;;/h2-7H,8,18H2,1H3,(H,19,20);;1H2/q;+1;/p-1. The monoisotopic (exact) mass is 327 g/mol. The van der Waals surface area contributed by atoms with Crippen molar-refractivity contribution >= 4 is 17.4 Å². The van der Waals surface area contributed by atoms with Crippen LogP contribution in [0.1, 0.15) is 27.0 Å². The molecule has 0 saturated carbocycles. The third-order valence-electron chi connectivity index (χ3n) is 3.10. The maximum Gasteiger partial charge on any atom is 1.00 e. The van der Waals surface area contributed by atoms with Crippen molar-refractivity contribution in [2.45, 2.75) is 13.3 Å².